The molecule has 1 fully saturated rings. The number of rotatable bonds is 8. The second-order valence-corrected chi connectivity index (χ2v) is 9.77. The van der Waals surface area contributed by atoms with Crippen LogP contribution in [-0.2, 0) is 6.42 Å². The molecule has 0 amide bonds. The largest absolute Gasteiger partial charge is 0.494 e. The van der Waals surface area contributed by atoms with Gasteiger partial charge in [0.15, 0.2) is 11.6 Å². The zero-order valence-electron chi connectivity index (χ0n) is 20.1. The number of aryl methyl sites for hydroxylation is 1. The fourth-order valence-electron chi connectivity index (χ4n) is 5.56. The van der Waals surface area contributed by atoms with Crippen LogP contribution in [0.5, 0.6) is 5.75 Å². The summed E-state index contributed by atoms with van der Waals surface area (Å²) >= 11 is 0. The summed E-state index contributed by atoms with van der Waals surface area (Å²) in [4.78, 5) is 0. The molecule has 1 saturated carbocycles. The van der Waals surface area contributed by atoms with Crippen LogP contribution >= 0.6 is 0 Å². The molecule has 2 aliphatic carbocycles. The van der Waals surface area contributed by atoms with E-state index in [1.165, 1.54) is 6.07 Å². The highest BCUT2D eigenvalue weighted by atomic mass is 19.2. The average Bonchev–Trinajstić information content (AvgIpc) is 2.86. The van der Waals surface area contributed by atoms with Crippen LogP contribution < -0.4 is 4.74 Å². The third-order valence-corrected chi connectivity index (χ3v) is 7.68. The summed E-state index contributed by atoms with van der Waals surface area (Å²) in [6, 6.07) is 8.68. The van der Waals surface area contributed by atoms with E-state index in [-0.39, 0.29) is 11.7 Å². The molecule has 0 aromatic heterocycles. The van der Waals surface area contributed by atoms with Crippen LogP contribution in [0, 0.1) is 29.3 Å². The predicted molar refractivity (Wildman–Crippen MR) is 132 cm³/mol. The molecule has 0 N–H and O–H groups in total. The molecule has 2 aromatic rings. The monoisotopic (exact) mass is 468 g/mol. The predicted octanol–water partition coefficient (Wildman–Crippen LogP) is 8.78. The molecule has 1 atom stereocenters. The molecule has 4 heteroatoms. The smallest absolute Gasteiger partial charge is 0.166 e. The standard InChI is InChI=1S/C30H35F3O/c1-3-20-5-10-23(11-6-20)27-17-15-24(29(32)30(27)33)14-9-21-7-12-22(13-8-21)26-18-16-25(34-4-2)19-28(26)31/h3,10,15-22H,1,4-9,11-14H2,2H3. The average molecular weight is 469 g/mol. The molecule has 0 spiro atoms. The molecule has 2 aromatic carbocycles. The summed E-state index contributed by atoms with van der Waals surface area (Å²) in [6.07, 6.45) is 11.7. The van der Waals surface area contributed by atoms with E-state index in [4.69, 9.17) is 4.74 Å². The fourth-order valence-corrected chi connectivity index (χ4v) is 5.56. The number of halogens is 3. The summed E-state index contributed by atoms with van der Waals surface area (Å²) in [5.74, 6) is 0.0614. The molecular formula is C30H35F3O. The topological polar surface area (TPSA) is 9.23 Å². The SMILES string of the molecule is C=CC1CC=C(c2ccc(CCC3CCC(c4ccc(OCC)cc4F)CC3)c(F)c2F)CC1. The van der Waals surface area contributed by atoms with Crippen LogP contribution in [0.4, 0.5) is 13.2 Å². The summed E-state index contributed by atoms with van der Waals surface area (Å²) in [5, 5.41) is 0. The Labute approximate surface area is 201 Å². The first-order valence-corrected chi connectivity index (χ1v) is 12.7. The Morgan fingerprint density at radius 1 is 1.00 bits per heavy atom. The Bertz CT molecular complexity index is 1030. The molecule has 2 aliphatic rings. The molecule has 1 unspecified atom stereocenters. The van der Waals surface area contributed by atoms with E-state index >= 15 is 0 Å². The lowest BCUT2D eigenvalue weighted by atomic mass is 9.76. The van der Waals surface area contributed by atoms with Crippen molar-refractivity contribution < 1.29 is 17.9 Å². The fraction of sp³-hybridized carbons (Fsp3) is 0.467. The van der Waals surface area contributed by atoms with E-state index in [1.54, 1.807) is 12.1 Å². The lowest BCUT2D eigenvalue weighted by Crippen LogP contribution is -2.15. The van der Waals surface area contributed by atoms with Crippen LogP contribution in [0.25, 0.3) is 5.57 Å². The van der Waals surface area contributed by atoms with Gasteiger partial charge in [-0.2, -0.15) is 0 Å². The maximum atomic E-state index is 14.9. The Morgan fingerprint density at radius 3 is 2.44 bits per heavy atom. The Morgan fingerprint density at radius 2 is 1.79 bits per heavy atom. The van der Waals surface area contributed by atoms with Gasteiger partial charge in [0.25, 0.3) is 0 Å². The number of hydrogen-bond acceptors (Lipinski definition) is 1. The molecule has 0 radical (unpaired) electrons. The minimum Gasteiger partial charge on any atom is -0.494 e. The van der Waals surface area contributed by atoms with E-state index in [0.717, 1.165) is 62.5 Å². The quantitative estimate of drug-likeness (QED) is 0.352. The van der Waals surface area contributed by atoms with Crippen molar-refractivity contribution in [2.75, 3.05) is 6.61 Å². The lowest BCUT2D eigenvalue weighted by Gasteiger charge is -2.29. The summed E-state index contributed by atoms with van der Waals surface area (Å²) in [6.45, 7) is 6.23. The zero-order valence-corrected chi connectivity index (χ0v) is 20.1. The minimum absolute atomic E-state index is 0.194. The Kier molecular flexibility index (Phi) is 8.18. The van der Waals surface area contributed by atoms with E-state index in [2.05, 4.69) is 6.58 Å². The first-order chi connectivity index (χ1) is 16.5. The van der Waals surface area contributed by atoms with Gasteiger partial charge in [0.1, 0.15) is 11.6 Å². The number of ether oxygens (including phenoxy) is 1. The first-order valence-electron chi connectivity index (χ1n) is 12.7. The second-order valence-electron chi connectivity index (χ2n) is 9.77. The number of allylic oxidation sites excluding steroid dienone is 3. The molecule has 1 nitrogen and oxygen atoms in total. The summed E-state index contributed by atoms with van der Waals surface area (Å²) < 4.78 is 49.7. The Hall–Kier alpha value is -2.49. The van der Waals surface area contributed by atoms with Gasteiger partial charge in [0, 0.05) is 11.6 Å². The van der Waals surface area contributed by atoms with Gasteiger partial charge in [0.2, 0.25) is 0 Å². The van der Waals surface area contributed by atoms with Gasteiger partial charge >= 0.3 is 0 Å². The minimum atomic E-state index is -0.713. The molecule has 0 bridgehead atoms. The first kappa shape index (κ1) is 24.6. The van der Waals surface area contributed by atoms with Crippen molar-refractivity contribution in [3.63, 3.8) is 0 Å². The highest BCUT2D eigenvalue weighted by molar-refractivity contribution is 5.67. The molecule has 182 valence electrons. The van der Waals surface area contributed by atoms with Crippen molar-refractivity contribution in [1.82, 2.24) is 0 Å². The maximum Gasteiger partial charge on any atom is 0.166 e. The normalized spacial score (nSPS) is 22.8. The van der Waals surface area contributed by atoms with Crippen molar-refractivity contribution in [3.8, 4) is 5.75 Å². The van der Waals surface area contributed by atoms with Gasteiger partial charge in [-0.25, -0.2) is 13.2 Å². The van der Waals surface area contributed by atoms with E-state index in [0.29, 0.717) is 41.7 Å². The van der Waals surface area contributed by atoms with Gasteiger partial charge in [-0.1, -0.05) is 30.4 Å². The highest BCUT2D eigenvalue weighted by Crippen LogP contribution is 2.39. The second kappa shape index (κ2) is 11.3. The highest BCUT2D eigenvalue weighted by Gasteiger charge is 2.25. The Balaban J connectivity index is 1.32. The zero-order chi connectivity index (χ0) is 24.1. The van der Waals surface area contributed by atoms with Gasteiger partial charge in [-0.15, -0.1) is 6.58 Å². The third-order valence-electron chi connectivity index (χ3n) is 7.68. The van der Waals surface area contributed by atoms with Gasteiger partial charge < -0.3 is 4.74 Å². The van der Waals surface area contributed by atoms with Gasteiger partial charge in [-0.05, 0) is 105 Å². The van der Waals surface area contributed by atoms with Crippen molar-refractivity contribution in [1.29, 1.82) is 0 Å². The maximum absolute atomic E-state index is 14.9. The molecule has 0 aliphatic heterocycles. The van der Waals surface area contributed by atoms with E-state index in [1.807, 2.05) is 31.2 Å². The van der Waals surface area contributed by atoms with Gasteiger partial charge in [0.05, 0.1) is 6.61 Å². The molecule has 0 heterocycles. The van der Waals surface area contributed by atoms with Crippen LogP contribution in [0.15, 0.2) is 49.1 Å². The van der Waals surface area contributed by atoms with Crippen molar-refractivity contribution in [2.45, 2.75) is 70.6 Å². The van der Waals surface area contributed by atoms with Gasteiger partial charge in [-0.3, -0.25) is 0 Å². The summed E-state index contributed by atoms with van der Waals surface area (Å²) in [5.41, 5.74) is 2.53. The third kappa shape index (κ3) is 5.59. The van der Waals surface area contributed by atoms with Crippen LogP contribution in [-0.4, -0.2) is 6.61 Å². The molecule has 4 rings (SSSR count). The molecule has 0 saturated heterocycles. The van der Waals surface area contributed by atoms with Crippen molar-refractivity contribution in [2.24, 2.45) is 11.8 Å². The number of hydrogen-bond donors (Lipinski definition) is 0. The molecule has 34 heavy (non-hydrogen) atoms. The number of benzene rings is 2. The van der Waals surface area contributed by atoms with Crippen LogP contribution in [0.2, 0.25) is 0 Å². The van der Waals surface area contributed by atoms with Crippen molar-refractivity contribution in [3.05, 3.63) is 83.2 Å². The van der Waals surface area contributed by atoms with E-state index in [9.17, 15) is 13.2 Å². The van der Waals surface area contributed by atoms with Crippen LogP contribution in [0.1, 0.15) is 80.9 Å². The molecular weight excluding hydrogens is 433 g/mol. The van der Waals surface area contributed by atoms with E-state index < -0.39 is 11.6 Å². The lowest BCUT2D eigenvalue weighted by molar-refractivity contribution is 0.304. The summed E-state index contributed by atoms with van der Waals surface area (Å²) in [7, 11) is 0. The van der Waals surface area contributed by atoms with Crippen LogP contribution in [0.3, 0.4) is 0 Å². The van der Waals surface area contributed by atoms with Crippen molar-refractivity contribution >= 4 is 5.57 Å².